The van der Waals surface area contributed by atoms with Crippen molar-refractivity contribution in [1.82, 2.24) is 16.0 Å². The Balaban J connectivity index is 2.61. The molecule has 8 N–H and O–H groups in total. The number of carbonyl (C=O) groups is 5. The average molecular weight is 393 g/mol. The molecule has 0 saturated carbocycles. The van der Waals surface area contributed by atoms with Gasteiger partial charge in [0.05, 0.1) is 19.0 Å². The molecule has 0 fully saturated rings. The Morgan fingerprint density at radius 1 is 0.964 bits per heavy atom. The van der Waals surface area contributed by atoms with Gasteiger partial charge < -0.3 is 32.5 Å². The van der Waals surface area contributed by atoms with Gasteiger partial charge in [0.15, 0.2) is 0 Å². The van der Waals surface area contributed by atoms with Crippen molar-refractivity contribution in [2.24, 2.45) is 11.5 Å². The van der Waals surface area contributed by atoms with E-state index < -0.39 is 61.2 Å². The van der Waals surface area contributed by atoms with Crippen molar-refractivity contribution in [3.05, 3.63) is 35.9 Å². The molecule has 1 aromatic rings. The van der Waals surface area contributed by atoms with E-state index in [-0.39, 0.29) is 6.42 Å². The van der Waals surface area contributed by atoms with Crippen LogP contribution in [0.15, 0.2) is 30.3 Å². The lowest BCUT2D eigenvalue weighted by atomic mass is 10.1. The molecule has 4 amide bonds. The van der Waals surface area contributed by atoms with Gasteiger partial charge in [-0.1, -0.05) is 30.3 Å². The van der Waals surface area contributed by atoms with Crippen LogP contribution in [0.3, 0.4) is 0 Å². The Morgan fingerprint density at radius 2 is 1.61 bits per heavy atom. The molecular weight excluding hydrogens is 370 g/mol. The molecule has 152 valence electrons. The summed E-state index contributed by atoms with van der Waals surface area (Å²) in [6, 6.07) is 6.68. The van der Waals surface area contributed by atoms with Gasteiger partial charge in [-0.05, 0) is 12.0 Å². The number of nitrogens with one attached hydrogen (secondary N) is 3. The average Bonchev–Trinajstić information content (AvgIpc) is 2.64. The van der Waals surface area contributed by atoms with Gasteiger partial charge in [0.25, 0.3) is 0 Å². The lowest BCUT2D eigenvalue weighted by molar-refractivity contribution is -0.138. The van der Waals surface area contributed by atoms with Crippen LogP contribution < -0.4 is 27.4 Å². The standard InChI is InChI=1S/C17H23N5O6/c18-11(6-10-4-2-1-3-5-10)16(27)22-12(7-13(19)23)17(28)21-8-14(24)20-9-15(25)26/h1-5,11-12H,6-9,18H2,(H2,19,23)(H,20,24)(H,21,28)(H,22,27)(H,25,26). The van der Waals surface area contributed by atoms with Crippen molar-refractivity contribution in [3.63, 3.8) is 0 Å². The summed E-state index contributed by atoms with van der Waals surface area (Å²) in [4.78, 5) is 57.4. The topological polar surface area (TPSA) is 194 Å². The summed E-state index contributed by atoms with van der Waals surface area (Å²) in [5.74, 6) is -4.33. The molecule has 0 aliphatic carbocycles. The van der Waals surface area contributed by atoms with Crippen LogP contribution in [0.2, 0.25) is 0 Å². The fourth-order valence-corrected chi connectivity index (χ4v) is 2.18. The molecule has 0 aromatic heterocycles. The molecule has 0 spiro atoms. The first kappa shape index (κ1) is 22.6. The van der Waals surface area contributed by atoms with Crippen LogP contribution in [0.4, 0.5) is 0 Å². The SMILES string of the molecule is NC(=O)CC(NC(=O)C(N)Cc1ccccc1)C(=O)NCC(=O)NCC(=O)O. The number of aliphatic carboxylic acids is 1. The van der Waals surface area contributed by atoms with E-state index in [1.54, 1.807) is 24.3 Å². The van der Waals surface area contributed by atoms with Crippen LogP contribution in [-0.2, 0) is 30.4 Å². The molecule has 1 rings (SSSR count). The van der Waals surface area contributed by atoms with Crippen molar-refractivity contribution in [1.29, 1.82) is 0 Å². The van der Waals surface area contributed by atoms with Crippen molar-refractivity contribution in [2.75, 3.05) is 13.1 Å². The Hall–Kier alpha value is -3.47. The molecule has 11 nitrogen and oxygen atoms in total. The van der Waals surface area contributed by atoms with Gasteiger partial charge in [0.1, 0.15) is 12.6 Å². The third kappa shape index (κ3) is 8.76. The third-order valence-corrected chi connectivity index (χ3v) is 3.53. The number of rotatable bonds is 11. The number of hydrogen-bond donors (Lipinski definition) is 6. The zero-order chi connectivity index (χ0) is 21.1. The van der Waals surface area contributed by atoms with Crippen LogP contribution in [0, 0.1) is 0 Å². The summed E-state index contributed by atoms with van der Waals surface area (Å²) in [5.41, 5.74) is 11.8. The van der Waals surface area contributed by atoms with Crippen LogP contribution in [-0.4, -0.2) is 59.9 Å². The summed E-state index contributed by atoms with van der Waals surface area (Å²) in [6.45, 7) is -1.14. The lowest BCUT2D eigenvalue weighted by Crippen LogP contribution is -2.54. The number of carboxylic acids is 1. The zero-order valence-corrected chi connectivity index (χ0v) is 15.0. The summed E-state index contributed by atoms with van der Waals surface area (Å²) >= 11 is 0. The molecule has 0 bridgehead atoms. The quantitative estimate of drug-likeness (QED) is 0.234. The second-order valence-electron chi connectivity index (χ2n) is 5.92. The van der Waals surface area contributed by atoms with Gasteiger partial charge >= 0.3 is 5.97 Å². The number of carboxylic acid groups (broad SMARTS) is 1. The highest BCUT2D eigenvalue weighted by atomic mass is 16.4. The minimum absolute atomic E-state index is 0.217. The Bertz CT molecular complexity index is 724. The second kappa shape index (κ2) is 11.3. The number of hydrogen-bond acceptors (Lipinski definition) is 6. The maximum Gasteiger partial charge on any atom is 0.322 e. The molecular formula is C17H23N5O6. The molecule has 0 heterocycles. The first-order chi connectivity index (χ1) is 13.2. The number of amides is 4. The molecule has 1 aromatic carbocycles. The first-order valence-electron chi connectivity index (χ1n) is 8.33. The predicted octanol–water partition coefficient (Wildman–Crippen LogP) is -2.77. The van der Waals surface area contributed by atoms with E-state index in [9.17, 15) is 24.0 Å². The summed E-state index contributed by atoms with van der Waals surface area (Å²) in [6.07, 6.45) is -0.276. The monoisotopic (exact) mass is 393 g/mol. The Labute approximate surface area is 160 Å². The van der Waals surface area contributed by atoms with Gasteiger partial charge in [-0.2, -0.15) is 0 Å². The van der Waals surface area contributed by atoms with Crippen molar-refractivity contribution in [3.8, 4) is 0 Å². The van der Waals surface area contributed by atoms with E-state index in [1.807, 2.05) is 6.07 Å². The molecule has 0 saturated heterocycles. The molecule has 2 atom stereocenters. The molecule has 11 heteroatoms. The fraction of sp³-hybridized carbons (Fsp3) is 0.353. The minimum Gasteiger partial charge on any atom is -0.480 e. The number of primary amides is 1. The van der Waals surface area contributed by atoms with Gasteiger partial charge in [-0.3, -0.25) is 24.0 Å². The van der Waals surface area contributed by atoms with E-state index in [2.05, 4.69) is 16.0 Å². The predicted molar refractivity (Wildman–Crippen MR) is 97.5 cm³/mol. The maximum atomic E-state index is 12.2. The molecule has 0 radical (unpaired) electrons. The first-order valence-corrected chi connectivity index (χ1v) is 8.33. The number of benzene rings is 1. The van der Waals surface area contributed by atoms with Crippen molar-refractivity contribution in [2.45, 2.75) is 24.9 Å². The molecule has 2 unspecified atom stereocenters. The van der Waals surface area contributed by atoms with Gasteiger partial charge in [-0.15, -0.1) is 0 Å². The van der Waals surface area contributed by atoms with Gasteiger partial charge in [0.2, 0.25) is 23.6 Å². The van der Waals surface area contributed by atoms with Gasteiger partial charge in [0, 0.05) is 0 Å². The minimum atomic E-state index is -1.32. The molecule has 28 heavy (non-hydrogen) atoms. The summed E-state index contributed by atoms with van der Waals surface area (Å²) in [7, 11) is 0. The third-order valence-electron chi connectivity index (χ3n) is 3.53. The van der Waals surface area contributed by atoms with Crippen LogP contribution in [0.1, 0.15) is 12.0 Å². The van der Waals surface area contributed by atoms with E-state index in [1.165, 1.54) is 0 Å². The number of nitrogens with two attached hydrogens (primary N) is 2. The highest BCUT2D eigenvalue weighted by Crippen LogP contribution is 2.03. The van der Waals surface area contributed by atoms with E-state index in [4.69, 9.17) is 16.6 Å². The van der Waals surface area contributed by atoms with Crippen LogP contribution in [0.5, 0.6) is 0 Å². The van der Waals surface area contributed by atoms with Crippen molar-refractivity contribution >= 4 is 29.6 Å². The van der Waals surface area contributed by atoms with E-state index in [0.717, 1.165) is 5.56 Å². The normalized spacial score (nSPS) is 12.3. The van der Waals surface area contributed by atoms with Gasteiger partial charge in [-0.25, -0.2) is 0 Å². The largest absolute Gasteiger partial charge is 0.480 e. The fourth-order valence-electron chi connectivity index (χ4n) is 2.18. The lowest BCUT2D eigenvalue weighted by Gasteiger charge is -2.19. The zero-order valence-electron chi connectivity index (χ0n) is 15.0. The second-order valence-corrected chi connectivity index (χ2v) is 5.92. The summed E-state index contributed by atoms with van der Waals surface area (Å²) in [5, 5.41) is 15.1. The van der Waals surface area contributed by atoms with Crippen LogP contribution >= 0.6 is 0 Å². The Kier molecular flexibility index (Phi) is 9.10. The van der Waals surface area contributed by atoms with E-state index in [0.29, 0.717) is 0 Å². The Morgan fingerprint density at radius 3 is 2.18 bits per heavy atom. The maximum absolute atomic E-state index is 12.2. The highest BCUT2D eigenvalue weighted by molar-refractivity contribution is 5.94. The van der Waals surface area contributed by atoms with Crippen molar-refractivity contribution < 1.29 is 29.1 Å². The molecule has 0 aliphatic rings. The highest BCUT2D eigenvalue weighted by Gasteiger charge is 2.25. The smallest absolute Gasteiger partial charge is 0.322 e. The summed E-state index contributed by atoms with van der Waals surface area (Å²) < 4.78 is 0. The number of carbonyl (C=O) groups excluding carboxylic acids is 4. The molecule has 0 aliphatic heterocycles. The van der Waals surface area contributed by atoms with Crippen LogP contribution in [0.25, 0.3) is 0 Å². The van der Waals surface area contributed by atoms with E-state index >= 15 is 0 Å².